The molecule has 0 saturated carbocycles. The minimum atomic E-state index is -4.39. The Hall–Kier alpha value is -0.950. The SMILES string of the molecule is CCNC(=NCCc1nc(C(F)(F)F)cs1)NCCc1nc(CC)c(C)s1.I. The third-order valence-electron chi connectivity index (χ3n) is 3.69. The van der Waals surface area contributed by atoms with E-state index in [1.807, 2.05) is 6.92 Å². The standard InChI is InChI=1S/C17H24F3N5S2.HI/c1-4-12-11(3)27-15(24-12)7-9-23-16(21-5-2)22-8-6-14-25-13(10-26-14)17(18,19)20;/h10H,4-9H2,1-3H3,(H2,21,22,23);1H. The molecule has 28 heavy (non-hydrogen) atoms. The van der Waals surface area contributed by atoms with Gasteiger partial charge in [0, 0.05) is 42.7 Å². The van der Waals surface area contributed by atoms with Gasteiger partial charge in [-0.2, -0.15) is 13.2 Å². The first-order chi connectivity index (χ1) is 12.8. The van der Waals surface area contributed by atoms with Gasteiger partial charge < -0.3 is 10.6 Å². The maximum absolute atomic E-state index is 12.6. The van der Waals surface area contributed by atoms with Gasteiger partial charge in [-0.05, 0) is 20.3 Å². The zero-order valence-electron chi connectivity index (χ0n) is 16.0. The molecule has 0 unspecified atom stereocenters. The lowest BCUT2D eigenvalue weighted by Gasteiger charge is -2.10. The van der Waals surface area contributed by atoms with Crippen LogP contribution in [0.4, 0.5) is 13.2 Å². The minimum Gasteiger partial charge on any atom is -0.357 e. The predicted octanol–water partition coefficient (Wildman–Crippen LogP) is 4.45. The molecule has 0 amide bonds. The molecule has 0 aromatic carbocycles. The molecular weight excluding hydrogens is 522 g/mol. The highest BCUT2D eigenvalue weighted by molar-refractivity contribution is 14.0. The molecule has 0 fully saturated rings. The van der Waals surface area contributed by atoms with Crippen LogP contribution in [-0.2, 0) is 25.4 Å². The van der Waals surface area contributed by atoms with E-state index in [9.17, 15) is 13.2 Å². The minimum absolute atomic E-state index is 0. The van der Waals surface area contributed by atoms with Gasteiger partial charge in [-0.1, -0.05) is 6.92 Å². The van der Waals surface area contributed by atoms with Crippen LogP contribution in [0.5, 0.6) is 0 Å². The van der Waals surface area contributed by atoms with Crippen molar-refractivity contribution in [2.75, 3.05) is 19.6 Å². The van der Waals surface area contributed by atoms with Crippen molar-refractivity contribution in [2.45, 2.75) is 46.2 Å². The van der Waals surface area contributed by atoms with Gasteiger partial charge in [0.15, 0.2) is 11.7 Å². The van der Waals surface area contributed by atoms with Crippen LogP contribution in [0, 0.1) is 6.92 Å². The molecule has 2 heterocycles. The summed E-state index contributed by atoms with van der Waals surface area (Å²) >= 11 is 2.73. The van der Waals surface area contributed by atoms with Crippen molar-refractivity contribution in [3.63, 3.8) is 0 Å². The molecule has 158 valence electrons. The number of hydrogen-bond donors (Lipinski definition) is 2. The Balaban J connectivity index is 0.00000392. The average Bonchev–Trinajstić information content (AvgIpc) is 3.21. The molecule has 0 bridgehead atoms. The topological polar surface area (TPSA) is 62.2 Å². The van der Waals surface area contributed by atoms with Crippen LogP contribution >= 0.6 is 46.7 Å². The lowest BCUT2D eigenvalue weighted by atomic mass is 10.3. The molecule has 0 aliphatic heterocycles. The first kappa shape index (κ1) is 25.1. The van der Waals surface area contributed by atoms with E-state index in [4.69, 9.17) is 0 Å². The molecule has 2 rings (SSSR count). The lowest BCUT2D eigenvalue weighted by Crippen LogP contribution is -2.38. The van der Waals surface area contributed by atoms with Crippen LogP contribution < -0.4 is 10.6 Å². The number of alkyl halides is 3. The van der Waals surface area contributed by atoms with Crippen LogP contribution in [0.15, 0.2) is 10.4 Å². The molecule has 2 aromatic heterocycles. The zero-order chi connectivity index (χ0) is 19.9. The molecule has 11 heteroatoms. The Morgan fingerprint density at radius 2 is 1.89 bits per heavy atom. The number of hydrogen-bond acceptors (Lipinski definition) is 5. The number of guanidine groups is 1. The quantitative estimate of drug-likeness (QED) is 0.292. The Labute approximate surface area is 188 Å². The maximum atomic E-state index is 12.6. The van der Waals surface area contributed by atoms with Crippen molar-refractivity contribution in [3.8, 4) is 0 Å². The van der Waals surface area contributed by atoms with Crippen molar-refractivity contribution < 1.29 is 13.2 Å². The third kappa shape index (κ3) is 7.82. The summed E-state index contributed by atoms with van der Waals surface area (Å²) in [7, 11) is 0. The number of nitrogens with zero attached hydrogens (tertiary/aromatic N) is 3. The van der Waals surface area contributed by atoms with E-state index in [0.29, 0.717) is 37.0 Å². The van der Waals surface area contributed by atoms with Gasteiger partial charge in [0.25, 0.3) is 0 Å². The van der Waals surface area contributed by atoms with Crippen LogP contribution in [-0.4, -0.2) is 35.6 Å². The number of rotatable bonds is 8. The lowest BCUT2D eigenvalue weighted by molar-refractivity contribution is -0.140. The van der Waals surface area contributed by atoms with Gasteiger partial charge in [-0.25, -0.2) is 9.97 Å². The van der Waals surface area contributed by atoms with E-state index in [1.165, 1.54) is 4.88 Å². The number of nitrogens with one attached hydrogen (secondary N) is 2. The van der Waals surface area contributed by atoms with Crippen molar-refractivity contribution in [2.24, 2.45) is 4.99 Å². The summed E-state index contributed by atoms with van der Waals surface area (Å²) in [5.41, 5.74) is 0.318. The van der Waals surface area contributed by atoms with E-state index in [0.717, 1.165) is 40.3 Å². The average molecular weight is 547 g/mol. The summed E-state index contributed by atoms with van der Waals surface area (Å²) in [6.07, 6.45) is -2.27. The number of halogens is 4. The van der Waals surface area contributed by atoms with Gasteiger partial charge in [0.1, 0.15) is 0 Å². The Morgan fingerprint density at radius 1 is 1.14 bits per heavy atom. The fourth-order valence-electron chi connectivity index (χ4n) is 2.37. The molecule has 0 aliphatic rings. The first-order valence-corrected chi connectivity index (χ1v) is 10.5. The summed E-state index contributed by atoms with van der Waals surface area (Å²) in [6, 6.07) is 0. The second-order valence-corrected chi connectivity index (χ2v) is 8.01. The van der Waals surface area contributed by atoms with E-state index < -0.39 is 11.9 Å². The molecule has 0 saturated heterocycles. The maximum Gasteiger partial charge on any atom is 0.434 e. The Kier molecular flexibility index (Phi) is 10.7. The summed E-state index contributed by atoms with van der Waals surface area (Å²) in [5.74, 6) is 0.647. The van der Waals surface area contributed by atoms with E-state index in [2.05, 4.69) is 39.4 Å². The summed E-state index contributed by atoms with van der Waals surface area (Å²) in [6.45, 7) is 7.92. The third-order valence-corrected chi connectivity index (χ3v) is 5.67. The molecule has 0 radical (unpaired) electrons. The highest BCUT2D eigenvalue weighted by Crippen LogP contribution is 2.30. The van der Waals surface area contributed by atoms with Gasteiger partial charge in [-0.15, -0.1) is 46.7 Å². The van der Waals surface area contributed by atoms with Crippen LogP contribution in [0.1, 0.15) is 40.1 Å². The van der Waals surface area contributed by atoms with Gasteiger partial charge in [0.05, 0.1) is 15.7 Å². The molecule has 2 aromatic rings. The molecule has 2 N–H and O–H groups in total. The first-order valence-electron chi connectivity index (χ1n) is 8.82. The van der Waals surface area contributed by atoms with Crippen LogP contribution in [0.25, 0.3) is 0 Å². The van der Waals surface area contributed by atoms with Crippen molar-refractivity contribution in [1.29, 1.82) is 0 Å². The molecule has 0 atom stereocenters. The van der Waals surface area contributed by atoms with Crippen LogP contribution in [0.2, 0.25) is 0 Å². The number of aromatic nitrogens is 2. The molecular formula is C17H25F3IN5S2. The second-order valence-electron chi connectivity index (χ2n) is 5.78. The highest BCUT2D eigenvalue weighted by Gasteiger charge is 2.33. The van der Waals surface area contributed by atoms with E-state index >= 15 is 0 Å². The van der Waals surface area contributed by atoms with Crippen molar-refractivity contribution in [1.82, 2.24) is 20.6 Å². The molecule has 0 spiro atoms. The number of aliphatic imine (C=N–C) groups is 1. The Morgan fingerprint density at radius 3 is 2.46 bits per heavy atom. The van der Waals surface area contributed by atoms with E-state index in [-0.39, 0.29) is 24.0 Å². The van der Waals surface area contributed by atoms with Gasteiger partial charge in [-0.3, -0.25) is 4.99 Å². The number of aryl methyl sites for hydroxylation is 2. The predicted molar refractivity (Wildman–Crippen MR) is 120 cm³/mol. The van der Waals surface area contributed by atoms with Crippen LogP contribution in [0.3, 0.4) is 0 Å². The second kappa shape index (κ2) is 11.9. The van der Waals surface area contributed by atoms with E-state index in [1.54, 1.807) is 11.3 Å². The normalized spacial score (nSPS) is 12.0. The highest BCUT2D eigenvalue weighted by atomic mass is 127. The molecule has 5 nitrogen and oxygen atoms in total. The van der Waals surface area contributed by atoms with Crippen molar-refractivity contribution in [3.05, 3.63) is 31.7 Å². The van der Waals surface area contributed by atoms with Gasteiger partial charge in [0.2, 0.25) is 0 Å². The van der Waals surface area contributed by atoms with Gasteiger partial charge >= 0.3 is 6.18 Å². The Bertz CT molecular complexity index is 758. The fraction of sp³-hybridized carbons (Fsp3) is 0.588. The van der Waals surface area contributed by atoms with Crippen molar-refractivity contribution >= 4 is 52.6 Å². The smallest absolute Gasteiger partial charge is 0.357 e. The number of thiazole rings is 2. The summed E-state index contributed by atoms with van der Waals surface area (Å²) < 4.78 is 37.7. The zero-order valence-corrected chi connectivity index (χ0v) is 20.0. The monoisotopic (exact) mass is 547 g/mol. The summed E-state index contributed by atoms with van der Waals surface area (Å²) in [5, 5.41) is 8.95. The summed E-state index contributed by atoms with van der Waals surface area (Å²) in [4.78, 5) is 13.9. The molecule has 0 aliphatic carbocycles. The fourth-order valence-corrected chi connectivity index (χ4v) is 4.19. The largest absolute Gasteiger partial charge is 0.434 e.